The summed E-state index contributed by atoms with van der Waals surface area (Å²) >= 11 is 0. The number of fused-ring (bicyclic) bond motifs is 12. The summed E-state index contributed by atoms with van der Waals surface area (Å²) in [7, 11) is 0. The first kappa shape index (κ1) is 38.5. The second kappa shape index (κ2) is 15.0. The maximum Gasteiger partial charge on any atom is 0.164 e. The minimum absolute atomic E-state index is 0.600. The first-order valence-electron chi connectivity index (χ1n) is 23.5. The van der Waals surface area contributed by atoms with Gasteiger partial charge in [-0.15, -0.1) is 0 Å². The molecule has 0 atom stereocenters. The van der Waals surface area contributed by atoms with Gasteiger partial charge in [0, 0.05) is 83.3 Å². The molecule has 0 unspecified atom stereocenters. The van der Waals surface area contributed by atoms with E-state index in [1.165, 1.54) is 10.8 Å². The zero-order valence-corrected chi connectivity index (χ0v) is 37.4. The lowest BCUT2D eigenvalue weighted by atomic mass is 10.0. The molecule has 0 N–H and O–H groups in total. The van der Waals surface area contributed by atoms with Crippen molar-refractivity contribution in [3.8, 4) is 56.7 Å². The fourth-order valence-corrected chi connectivity index (χ4v) is 10.7. The van der Waals surface area contributed by atoms with Crippen LogP contribution in [0.1, 0.15) is 0 Å². The number of hydrogen-bond donors (Lipinski definition) is 0. The van der Waals surface area contributed by atoms with Gasteiger partial charge in [0.15, 0.2) is 17.5 Å². The Hall–Kier alpha value is -9.59. The van der Waals surface area contributed by atoms with Gasteiger partial charge in [0.25, 0.3) is 0 Å². The van der Waals surface area contributed by atoms with Gasteiger partial charge in [-0.05, 0) is 77.9 Å². The summed E-state index contributed by atoms with van der Waals surface area (Å²) in [6, 6.07) is 78.7. The van der Waals surface area contributed by atoms with Crippen LogP contribution < -0.4 is 0 Å². The van der Waals surface area contributed by atoms with Gasteiger partial charge in [0.2, 0.25) is 0 Å². The highest BCUT2D eigenvalue weighted by Crippen LogP contribution is 2.43. The highest BCUT2D eigenvalue weighted by atomic mass is 16.3. The Morgan fingerprint density at radius 2 is 0.700 bits per heavy atom. The molecule has 0 bridgehead atoms. The Kier molecular flexibility index (Phi) is 8.23. The Bertz CT molecular complexity index is 4530. The second-order valence-electron chi connectivity index (χ2n) is 18.0. The number of benzene rings is 10. The average molecular weight is 896 g/mol. The van der Waals surface area contributed by atoms with E-state index in [9.17, 15) is 0 Å². The highest BCUT2D eigenvalue weighted by Gasteiger charge is 2.21. The monoisotopic (exact) mass is 895 g/mol. The van der Waals surface area contributed by atoms with Gasteiger partial charge in [-0.3, -0.25) is 0 Å². The molecule has 5 aromatic heterocycles. The normalized spacial score (nSPS) is 12.0. The largest absolute Gasteiger partial charge is 0.456 e. The van der Waals surface area contributed by atoms with E-state index < -0.39 is 0 Å². The maximum absolute atomic E-state index is 6.55. The molecule has 0 aliphatic rings. The van der Waals surface area contributed by atoms with Crippen molar-refractivity contribution < 1.29 is 8.83 Å². The Balaban J connectivity index is 0.936. The summed E-state index contributed by atoms with van der Waals surface area (Å²) in [6.07, 6.45) is 0. The highest BCUT2D eigenvalue weighted by molar-refractivity contribution is 6.20. The van der Waals surface area contributed by atoms with E-state index in [1.807, 2.05) is 84.9 Å². The molecule has 0 saturated carbocycles. The topological polar surface area (TPSA) is 74.8 Å². The lowest BCUT2D eigenvalue weighted by molar-refractivity contribution is 0.669. The van der Waals surface area contributed by atoms with Crippen LogP contribution in [0.5, 0.6) is 0 Å². The predicted molar refractivity (Wildman–Crippen MR) is 285 cm³/mol. The predicted octanol–water partition coefficient (Wildman–Crippen LogP) is 16.5. The van der Waals surface area contributed by atoms with Crippen LogP contribution in [0.4, 0.5) is 0 Å². The Morgan fingerprint density at radius 3 is 1.33 bits per heavy atom. The third-order valence-corrected chi connectivity index (χ3v) is 13.9. The van der Waals surface area contributed by atoms with Gasteiger partial charge < -0.3 is 18.0 Å². The molecule has 10 aromatic carbocycles. The van der Waals surface area contributed by atoms with Gasteiger partial charge in [0.05, 0.1) is 22.1 Å². The molecule has 0 spiro atoms. The molecule has 70 heavy (non-hydrogen) atoms. The van der Waals surface area contributed by atoms with Crippen LogP contribution in [-0.2, 0) is 0 Å². The van der Waals surface area contributed by atoms with E-state index in [0.29, 0.717) is 17.5 Å². The molecule has 0 aliphatic carbocycles. The van der Waals surface area contributed by atoms with E-state index in [4.69, 9.17) is 23.8 Å². The molecule has 0 saturated heterocycles. The molecule has 326 valence electrons. The van der Waals surface area contributed by atoms with Gasteiger partial charge in [-0.2, -0.15) is 0 Å². The zero-order chi connectivity index (χ0) is 45.9. The average Bonchev–Trinajstić information content (AvgIpc) is 4.17. The molecular formula is C63H37N5O2. The van der Waals surface area contributed by atoms with Crippen molar-refractivity contribution >= 4 is 87.5 Å². The number of furan rings is 2. The number of aromatic nitrogens is 5. The van der Waals surface area contributed by atoms with Crippen molar-refractivity contribution in [3.05, 3.63) is 224 Å². The lowest BCUT2D eigenvalue weighted by Crippen LogP contribution is -2.01. The molecule has 0 radical (unpaired) electrons. The third kappa shape index (κ3) is 5.91. The summed E-state index contributed by atoms with van der Waals surface area (Å²) in [5.41, 5.74) is 14.9. The van der Waals surface area contributed by atoms with Crippen molar-refractivity contribution in [2.24, 2.45) is 0 Å². The van der Waals surface area contributed by atoms with Crippen LogP contribution in [-0.4, -0.2) is 24.1 Å². The van der Waals surface area contributed by atoms with Crippen LogP contribution in [0.2, 0.25) is 0 Å². The first-order valence-corrected chi connectivity index (χ1v) is 23.5. The molecule has 7 nitrogen and oxygen atoms in total. The summed E-state index contributed by atoms with van der Waals surface area (Å²) in [5, 5.41) is 9.06. The van der Waals surface area contributed by atoms with Crippen LogP contribution in [0.3, 0.4) is 0 Å². The standard InChI is InChI=1S/C63H37N5O2/c1-4-15-38(16-5-1)61-64-62(39-17-6-2-7-18-39)66-63(65-61)42-19-14-22-44(31-42)68-53-30-28-40(32-48(53)50-35-52-47-24-11-13-26-58(47)70-60(52)37-56(50)68)41-27-29-45-49-34-51-46-23-10-12-25-57(46)69-59(51)36-55(49)67(54(45)33-41)43-20-8-3-9-21-43/h1-37H. The second-order valence-corrected chi connectivity index (χ2v) is 18.0. The van der Waals surface area contributed by atoms with E-state index >= 15 is 0 Å². The van der Waals surface area contributed by atoms with Gasteiger partial charge in [-0.25, -0.2) is 15.0 Å². The van der Waals surface area contributed by atoms with Gasteiger partial charge >= 0.3 is 0 Å². The van der Waals surface area contributed by atoms with Crippen molar-refractivity contribution in [2.45, 2.75) is 0 Å². The zero-order valence-electron chi connectivity index (χ0n) is 37.4. The number of nitrogens with zero attached hydrogens (tertiary/aromatic N) is 5. The molecule has 7 heteroatoms. The van der Waals surface area contributed by atoms with Crippen LogP contribution >= 0.6 is 0 Å². The van der Waals surface area contributed by atoms with Crippen LogP contribution in [0.25, 0.3) is 144 Å². The van der Waals surface area contributed by atoms with E-state index in [-0.39, 0.29) is 0 Å². The molecule has 15 aromatic rings. The molecule has 15 rings (SSSR count). The summed E-state index contributed by atoms with van der Waals surface area (Å²) in [4.78, 5) is 15.1. The number of hydrogen-bond acceptors (Lipinski definition) is 5. The van der Waals surface area contributed by atoms with Crippen molar-refractivity contribution in [1.82, 2.24) is 24.1 Å². The Labute approximate surface area is 399 Å². The SMILES string of the molecule is c1ccc(-c2nc(-c3ccccc3)nc(-c3cccc(-n4c5ccc(-c6ccc7c8cc9c(cc8n(-c8ccccc8)c7c6)oc6ccccc69)cc5c5cc6c(cc54)oc4ccccc46)c3)n2)cc1. The first-order chi connectivity index (χ1) is 34.7. The summed E-state index contributed by atoms with van der Waals surface area (Å²) in [5.74, 6) is 1.84. The fourth-order valence-electron chi connectivity index (χ4n) is 10.7. The molecule has 0 amide bonds. The molecular weight excluding hydrogens is 859 g/mol. The van der Waals surface area contributed by atoms with Crippen LogP contribution in [0.15, 0.2) is 233 Å². The van der Waals surface area contributed by atoms with Crippen molar-refractivity contribution in [2.75, 3.05) is 0 Å². The molecule has 5 heterocycles. The Morgan fingerprint density at radius 1 is 0.243 bits per heavy atom. The lowest BCUT2D eigenvalue weighted by Gasteiger charge is -2.12. The molecule has 0 aliphatic heterocycles. The minimum atomic E-state index is 0.600. The fraction of sp³-hybridized carbons (Fsp3) is 0. The summed E-state index contributed by atoms with van der Waals surface area (Å²) < 4.78 is 17.7. The minimum Gasteiger partial charge on any atom is -0.456 e. The van der Waals surface area contributed by atoms with E-state index in [2.05, 4.69) is 149 Å². The molecule has 0 fully saturated rings. The van der Waals surface area contributed by atoms with Crippen molar-refractivity contribution in [1.29, 1.82) is 0 Å². The van der Waals surface area contributed by atoms with E-state index in [1.54, 1.807) is 0 Å². The summed E-state index contributed by atoms with van der Waals surface area (Å²) in [6.45, 7) is 0. The van der Waals surface area contributed by atoms with E-state index in [0.717, 1.165) is 116 Å². The van der Waals surface area contributed by atoms with Gasteiger partial charge in [0.1, 0.15) is 22.3 Å². The maximum atomic E-state index is 6.55. The quantitative estimate of drug-likeness (QED) is 0.166. The third-order valence-electron chi connectivity index (χ3n) is 13.9. The van der Waals surface area contributed by atoms with Crippen molar-refractivity contribution in [3.63, 3.8) is 0 Å². The smallest absolute Gasteiger partial charge is 0.164 e. The van der Waals surface area contributed by atoms with Gasteiger partial charge in [-0.1, -0.05) is 146 Å². The number of rotatable bonds is 6. The van der Waals surface area contributed by atoms with Crippen LogP contribution in [0, 0.1) is 0 Å². The number of para-hydroxylation sites is 3.